The Balaban J connectivity index is 1.52. The van der Waals surface area contributed by atoms with Crippen molar-refractivity contribution in [2.45, 2.75) is 0 Å². The summed E-state index contributed by atoms with van der Waals surface area (Å²) in [5.41, 5.74) is 2.79. The predicted molar refractivity (Wildman–Crippen MR) is 111 cm³/mol. The van der Waals surface area contributed by atoms with Gasteiger partial charge < -0.3 is 9.15 Å². The van der Waals surface area contributed by atoms with Gasteiger partial charge >= 0.3 is 5.97 Å². The van der Waals surface area contributed by atoms with Gasteiger partial charge in [-0.05, 0) is 36.4 Å². The average molecular weight is 402 g/mol. The highest BCUT2D eigenvalue weighted by Crippen LogP contribution is 2.23. The van der Waals surface area contributed by atoms with Crippen LogP contribution >= 0.6 is 11.3 Å². The molecule has 142 valence electrons. The van der Waals surface area contributed by atoms with Gasteiger partial charge in [0.05, 0.1) is 23.7 Å². The summed E-state index contributed by atoms with van der Waals surface area (Å²) in [6, 6.07) is 18.2. The van der Waals surface area contributed by atoms with Gasteiger partial charge in [-0.15, -0.1) is 0 Å². The van der Waals surface area contributed by atoms with Crippen LogP contribution in [-0.2, 0) is 4.74 Å². The van der Waals surface area contributed by atoms with Gasteiger partial charge in [0.15, 0.2) is 4.96 Å². The highest BCUT2D eigenvalue weighted by Gasteiger charge is 2.12. The first-order valence-corrected chi connectivity index (χ1v) is 9.66. The summed E-state index contributed by atoms with van der Waals surface area (Å²) in [6.07, 6.45) is 1.72. The number of rotatable bonds is 3. The molecule has 29 heavy (non-hydrogen) atoms. The molecule has 3 heterocycles. The fourth-order valence-electron chi connectivity index (χ4n) is 3.22. The number of carbonyl (C=O) groups is 1. The van der Waals surface area contributed by atoms with Crippen LogP contribution in [0.2, 0.25) is 0 Å². The summed E-state index contributed by atoms with van der Waals surface area (Å²) >= 11 is 1.33. The van der Waals surface area contributed by atoms with Crippen molar-refractivity contribution in [3.05, 3.63) is 86.9 Å². The van der Waals surface area contributed by atoms with E-state index in [9.17, 15) is 9.59 Å². The summed E-state index contributed by atoms with van der Waals surface area (Å²) in [7, 11) is 1.35. The maximum absolute atomic E-state index is 12.8. The first-order valence-electron chi connectivity index (χ1n) is 8.84. The Hall–Kier alpha value is -3.71. The monoisotopic (exact) mass is 402 g/mol. The first kappa shape index (κ1) is 17.4. The lowest BCUT2D eigenvalue weighted by Gasteiger charge is -2.00. The third-order valence-corrected chi connectivity index (χ3v) is 5.60. The fraction of sp³-hybridized carbons (Fsp3) is 0.0455. The van der Waals surface area contributed by atoms with Crippen molar-refractivity contribution in [3.8, 4) is 11.3 Å². The molecule has 0 aliphatic rings. The van der Waals surface area contributed by atoms with Crippen molar-refractivity contribution in [3.63, 3.8) is 0 Å². The van der Waals surface area contributed by atoms with Gasteiger partial charge in [0, 0.05) is 11.6 Å². The van der Waals surface area contributed by atoms with Crippen LogP contribution in [0, 0.1) is 0 Å². The summed E-state index contributed by atoms with van der Waals surface area (Å²) in [5.74, 6) is 0.832. The molecule has 0 unspecified atom stereocenters. The molecular formula is C22H14N2O4S. The van der Waals surface area contributed by atoms with E-state index in [0.717, 1.165) is 16.6 Å². The van der Waals surface area contributed by atoms with Crippen LogP contribution in [0.25, 0.3) is 33.4 Å². The van der Waals surface area contributed by atoms with Crippen molar-refractivity contribution in [2.75, 3.05) is 7.11 Å². The molecule has 0 spiro atoms. The Morgan fingerprint density at radius 2 is 1.90 bits per heavy atom. The zero-order chi connectivity index (χ0) is 20.0. The van der Waals surface area contributed by atoms with E-state index in [1.165, 1.54) is 18.4 Å². The van der Waals surface area contributed by atoms with E-state index in [2.05, 4.69) is 4.98 Å². The molecule has 0 atom stereocenters. The normalized spacial score (nSPS) is 12.1. The Morgan fingerprint density at radius 3 is 2.69 bits per heavy atom. The van der Waals surface area contributed by atoms with E-state index in [1.807, 2.05) is 36.4 Å². The number of para-hydroxylation sites is 2. The standard InChI is InChI=1S/C22H14N2O4S/c1-27-21(26)14-8-6-13(7-9-14)18-11-10-15(28-18)12-19-20(25)24-17-5-3-2-4-16(17)23-22(24)29-19/h2-12H,1H3/b19-12+. The Labute approximate surface area is 168 Å². The van der Waals surface area contributed by atoms with Crippen LogP contribution in [0.15, 0.2) is 69.9 Å². The number of ether oxygens (including phenoxy) is 1. The smallest absolute Gasteiger partial charge is 0.337 e. The average Bonchev–Trinajstić information content (AvgIpc) is 3.43. The topological polar surface area (TPSA) is 73.8 Å². The van der Waals surface area contributed by atoms with Gasteiger partial charge in [0.25, 0.3) is 5.56 Å². The molecule has 0 bridgehead atoms. The molecule has 6 nitrogen and oxygen atoms in total. The van der Waals surface area contributed by atoms with Crippen LogP contribution in [0.4, 0.5) is 0 Å². The second-order valence-corrected chi connectivity index (χ2v) is 7.41. The number of imidazole rings is 1. The molecular weight excluding hydrogens is 388 g/mol. The van der Waals surface area contributed by atoms with E-state index in [4.69, 9.17) is 9.15 Å². The van der Waals surface area contributed by atoms with Gasteiger partial charge in [-0.2, -0.15) is 0 Å². The zero-order valence-electron chi connectivity index (χ0n) is 15.3. The van der Waals surface area contributed by atoms with Gasteiger partial charge in [0.2, 0.25) is 0 Å². The van der Waals surface area contributed by atoms with Crippen molar-refractivity contribution in [1.82, 2.24) is 9.38 Å². The SMILES string of the molecule is COC(=O)c1ccc(-c2ccc(/C=c3/sc4nc5ccccc5n4c3=O)o2)cc1. The second-order valence-electron chi connectivity index (χ2n) is 6.41. The lowest BCUT2D eigenvalue weighted by atomic mass is 10.1. The molecule has 0 aliphatic carbocycles. The second kappa shape index (κ2) is 6.72. The van der Waals surface area contributed by atoms with Crippen molar-refractivity contribution in [1.29, 1.82) is 0 Å². The summed E-state index contributed by atoms with van der Waals surface area (Å²) in [6.45, 7) is 0. The minimum absolute atomic E-state index is 0.112. The zero-order valence-corrected chi connectivity index (χ0v) is 16.1. The molecule has 0 saturated carbocycles. The van der Waals surface area contributed by atoms with Crippen LogP contribution in [-0.4, -0.2) is 22.5 Å². The summed E-state index contributed by atoms with van der Waals surface area (Å²) in [4.78, 5) is 29.6. The van der Waals surface area contributed by atoms with Crippen molar-refractivity contribution < 1.29 is 13.9 Å². The molecule has 0 amide bonds. The number of nitrogens with zero attached hydrogens (tertiary/aromatic N) is 2. The number of benzene rings is 2. The Morgan fingerprint density at radius 1 is 1.10 bits per heavy atom. The number of aromatic nitrogens is 2. The molecule has 0 aliphatic heterocycles. The van der Waals surface area contributed by atoms with Crippen LogP contribution in [0.3, 0.4) is 0 Å². The van der Waals surface area contributed by atoms with Crippen molar-refractivity contribution in [2.24, 2.45) is 0 Å². The van der Waals surface area contributed by atoms with Gasteiger partial charge in [-0.1, -0.05) is 35.6 Å². The van der Waals surface area contributed by atoms with Gasteiger partial charge in [0.1, 0.15) is 16.1 Å². The van der Waals surface area contributed by atoms with Crippen LogP contribution in [0.1, 0.15) is 16.1 Å². The van der Waals surface area contributed by atoms with Crippen LogP contribution in [0.5, 0.6) is 0 Å². The number of hydrogen-bond donors (Lipinski definition) is 0. The molecule has 3 aromatic heterocycles. The number of thiazole rings is 1. The molecule has 5 rings (SSSR count). The molecule has 0 fully saturated rings. The number of hydrogen-bond acceptors (Lipinski definition) is 6. The molecule has 0 saturated heterocycles. The third kappa shape index (κ3) is 2.92. The minimum atomic E-state index is -0.386. The van der Waals surface area contributed by atoms with E-state index < -0.39 is 0 Å². The summed E-state index contributed by atoms with van der Waals surface area (Å²) < 4.78 is 12.8. The van der Waals surface area contributed by atoms with E-state index in [0.29, 0.717) is 26.6 Å². The molecule has 0 radical (unpaired) electrons. The Kier molecular flexibility index (Phi) is 4.03. The van der Waals surface area contributed by atoms with E-state index in [1.54, 1.807) is 34.7 Å². The molecule has 0 N–H and O–H groups in total. The minimum Gasteiger partial charge on any atom is -0.465 e. The van der Waals surface area contributed by atoms with Gasteiger partial charge in [-0.25, -0.2) is 14.2 Å². The highest BCUT2D eigenvalue weighted by molar-refractivity contribution is 7.15. The van der Waals surface area contributed by atoms with Crippen LogP contribution < -0.4 is 10.1 Å². The predicted octanol–water partition coefficient (Wildman–Crippen LogP) is 3.50. The third-order valence-electron chi connectivity index (χ3n) is 4.64. The molecule has 2 aromatic carbocycles. The Bertz CT molecular complexity index is 1480. The fourth-order valence-corrected chi connectivity index (χ4v) is 4.18. The molecule has 5 aromatic rings. The van der Waals surface area contributed by atoms with Gasteiger partial charge in [-0.3, -0.25) is 4.79 Å². The quantitative estimate of drug-likeness (QED) is 0.432. The number of fused-ring (bicyclic) bond motifs is 3. The number of esters is 1. The highest BCUT2D eigenvalue weighted by atomic mass is 32.1. The largest absolute Gasteiger partial charge is 0.465 e. The number of carbonyl (C=O) groups excluding carboxylic acids is 1. The molecule has 7 heteroatoms. The van der Waals surface area contributed by atoms with E-state index >= 15 is 0 Å². The first-order chi connectivity index (χ1) is 14.1. The lowest BCUT2D eigenvalue weighted by Crippen LogP contribution is -2.22. The number of methoxy groups -OCH3 is 1. The number of furan rings is 1. The van der Waals surface area contributed by atoms with Crippen molar-refractivity contribution >= 4 is 39.4 Å². The summed E-state index contributed by atoms with van der Waals surface area (Å²) in [5, 5.41) is 0. The van der Waals surface area contributed by atoms with E-state index in [-0.39, 0.29) is 11.5 Å². The maximum Gasteiger partial charge on any atom is 0.337 e. The maximum atomic E-state index is 12.8. The lowest BCUT2D eigenvalue weighted by molar-refractivity contribution is 0.0600.